The van der Waals surface area contributed by atoms with Crippen molar-refractivity contribution in [2.75, 3.05) is 13.2 Å². The molecule has 0 atom stereocenters. The number of aliphatic hydroxyl groups is 1. The van der Waals surface area contributed by atoms with Crippen LogP contribution in [0, 0.1) is 6.92 Å². The lowest BCUT2D eigenvalue weighted by molar-refractivity contribution is -0.121. The topological polar surface area (TPSA) is 71.3 Å². The van der Waals surface area contributed by atoms with Crippen molar-refractivity contribution in [2.45, 2.75) is 52.0 Å². The Morgan fingerprint density at radius 1 is 1.30 bits per heavy atom. The molecule has 0 aliphatic carbocycles. The predicted octanol–water partition coefficient (Wildman–Crippen LogP) is 1.67. The smallest absolute Gasteiger partial charge is 0.307 e. The van der Waals surface area contributed by atoms with Gasteiger partial charge in [-0.05, 0) is 26.2 Å². The van der Waals surface area contributed by atoms with E-state index < -0.39 is 0 Å². The lowest BCUT2D eigenvalue weighted by Gasteiger charge is -2.06. The van der Waals surface area contributed by atoms with Gasteiger partial charge in [-0.3, -0.25) is 9.59 Å². The van der Waals surface area contributed by atoms with Gasteiger partial charge in [0.1, 0.15) is 0 Å². The van der Waals surface area contributed by atoms with Gasteiger partial charge in [-0.25, -0.2) is 0 Å². The zero-order valence-electron chi connectivity index (χ0n) is 12.1. The van der Waals surface area contributed by atoms with Crippen LogP contribution in [-0.4, -0.2) is 28.7 Å². The van der Waals surface area contributed by atoms with Gasteiger partial charge in [-0.2, -0.15) is 0 Å². The molecule has 0 bridgehead atoms. The molecule has 6 heteroatoms. The van der Waals surface area contributed by atoms with Crippen LogP contribution < -0.4 is 10.2 Å². The highest BCUT2D eigenvalue weighted by molar-refractivity contribution is 7.07. The molecule has 0 aliphatic heterocycles. The third kappa shape index (κ3) is 6.34. The minimum atomic E-state index is 0.0480. The maximum Gasteiger partial charge on any atom is 0.307 e. The van der Waals surface area contributed by atoms with E-state index in [1.807, 2.05) is 12.3 Å². The van der Waals surface area contributed by atoms with Crippen LogP contribution >= 0.6 is 11.3 Å². The van der Waals surface area contributed by atoms with E-state index in [2.05, 4.69) is 5.32 Å². The third-order valence-electron chi connectivity index (χ3n) is 3.17. The number of nitrogens with one attached hydrogen (secondary N) is 1. The number of aliphatic hydroxyl groups excluding tert-OH is 1. The fraction of sp³-hybridized carbons (Fsp3) is 0.714. The molecule has 2 N–H and O–H groups in total. The van der Waals surface area contributed by atoms with Crippen LogP contribution in [0.2, 0.25) is 0 Å². The number of thiazole rings is 1. The summed E-state index contributed by atoms with van der Waals surface area (Å²) in [6.45, 7) is 3.46. The lowest BCUT2D eigenvalue weighted by atomic mass is 10.2. The van der Waals surface area contributed by atoms with Crippen LogP contribution in [0.25, 0.3) is 0 Å². The molecular weight excluding hydrogens is 276 g/mol. The van der Waals surface area contributed by atoms with Crippen molar-refractivity contribution in [3.05, 3.63) is 20.7 Å². The van der Waals surface area contributed by atoms with E-state index in [9.17, 15) is 9.59 Å². The van der Waals surface area contributed by atoms with E-state index >= 15 is 0 Å². The Balaban J connectivity index is 2.07. The van der Waals surface area contributed by atoms with Crippen LogP contribution in [0.3, 0.4) is 0 Å². The number of aryl methyl sites for hydroxylation is 1. The summed E-state index contributed by atoms with van der Waals surface area (Å²) >= 11 is 1.20. The van der Waals surface area contributed by atoms with Crippen LogP contribution in [0.5, 0.6) is 0 Å². The molecule has 1 rings (SSSR count). The summed E-state index contributed by atoms with van der Waals surface area (Å²) in [4.78, 5) is 23.1. The van der Waals surface area contributed by atoms with Crippen molar-refractivity contribution in [1.29, 1.82) is 0 Å². The molecule has 5 nitrogen and oxygen atoms in total. The number of amides is 1. The summed E-state index contributed by atoms with van der Waals surface area (Å²) in [6, 6.07) is 0. The van der Waals surface area contributed by atoms with Crippen LogP contribution in [0.4, 0.5) is 0 Å². The van der Waals surface area contributed by atoms with Crippen LogP contribution in [0.15, 0.2) is 10.2 Å². The van der Waals surface area contributed by atoms with E-state index in [1.165, 1.54) is 11.3 Å². The average molecular weight is 300 g/mol. The number of nitrogens with zero attached hydrogens (tertiary/aromatic N) is 1. The Bertz CT molecular complexity index is 454. The molecule has 1 aromatic heterocycles. The van der Waals surface area contributed by atoms with E-state index in [0.717, 1.165) is 31.4 Å². The number of carbonyl (C=O) groups is 1. The first-order valence-electron chi connectivity index (χ1n) is 7.17. The number of rotatable bonds is 10. The largest absolute Gasteiger partial charge is 0.396 e. The van der Waals surface area contributed by atoms with Crippen LogP contribution in [0.1, 0.15) is 44.2 Å². The summed E-state index contributed by atoms with van der Waals surface area (Å²) in [7, 11) is 0. The molecule has 1 amide bonds. The molecular formula is C14H24N2O3S. The monoisotopic (exact) mass is 300 g/mol. The van der Waals surface area contributed by atoms with Gasteiger partial charge < -0.3 is 15.0 Å². The van der Waals surface area contributed by atoms with E-state index in [0.29, 0.717) is 25.9 Å². The Morgan fingerprint density at radius 3 is 2.70 bits per heavy atom. The first kappa shape index (κ1) is 16.9. The maximum atomic E-state index is 11.6. The van der Waals surface area contributed by atoms with Gasteiger partial charge >= 0.3 is 4.87 Å². The second kappa shape index (κ2) is 9.72. The zero-order chi connectivity index (χ0) is 14.8. The van der Waals surface area contributed by atoms with Gasteiger partial charge in [0.05, 0.1) is 0 Å². The molecule has 1 heterocycles. The van der Waals surface area contributed by atoms with Gasteiger partial charge in [0.15, 0.2) is 0 Å². The summed E-state index contributed by atoms with van der Waals surface area (Å²) in [6.07, 6.45) is 4.97. The Hall–Kier alpha value is -1.14. The predicted molar refractivity (Wildman–Crippen MR) is 81.1 cm³/mol. The molecule has 0 saturated heterocycles. The Kier molecular flexibility index (Phi) is 8.22. The van der Waals surface area contributed by atoms with Crippen molar-refractivity contribution in [3.8, 4) is 0 Å². The van der Waals surface area contributed by atoms with E-state index in [1.54, 1.807) is 4.57 Å². The number of aromatic nitrogens is 1. The van der Waals surface area contributed by atoms with Gasteiger partial charge in [0, 0.05) is 37.2 Å². The van der Waals surface area contributed by atoms with Crippen molar-refractivity contribution in [3.63, 3.8) is 0 Å². The molecule has 0 unspecified atom stereocenters. The summed E-state index contributed by atoms with van der Waals surface area (Å²) in [5.74, 6) is 0.0492. The highest BCUT2D eigenvalue weighted by Crippen LogP contribution is 2.02. The Morgan fingerprint density at radius 2 is 2.05 bits per heavy atom. The highest BCUT2D eigenvalue weighted by atomic mass is 32.1. The molecule has 1 aromatic rings. The van der Waals surface area contributed by atoms with Gasteiger partial charge in [-0.1, -0.05) is 24.2 Å². The van der Waals surface area contributed by atoms with Gasteiger partial charge in [0.2, 0.25) is 5.91 Å². The summed E-state index contributed by atoms with van der Waals surface area (Å²) in [5.41, 5.74) is 0.962. The molecule has 20 heavy (non-hydrogen) atoms. The highest BCUT2D eigenvalue weighted by Gasteiger charge is 2.04. The van der Waals surface area contributed by atoms with Crippen LogP contribution in [-0.2, 0) is 11.3 Å². The lowest BCUT2D eigenvalue weighted by Crippen LogP contribution is -2.25. The SMILES string of the molecule is Cc1csc(=O)n1CCCC(=O)NCCCCCCO. The number of carbonyl (C=O) groups excluding carboxylic acids is 1. The number of hydrogen-bond acceptors (Lipinski definition) is 4. The molecule has 114 valence electrons. The van der Waals surface area contributed by atoms with Crippen molar-refractivity contribution in [1.82, 2.24) is 9.88 Å². The first-order valence-corrected chi connectivity index (χ1v) is 8.05. The van der Waals surface area contributed by atoms with E-state index in [4.69, 9.17) is 5.11 Å². The normalized spacial score (nSPS) is 10.7. The molecule has 0 saturated carbocycles. The number of hydrogen-bond donors (Lipinski definition) is 2. The van der Waals surface area contributed by atoms with Crippen molar-refractivity contribution >= 4 is 17.2 Å². The third-order valence-corrected chi connectivity index (χ3v) is 4.05. The second-order valence-corrected chi connectivity index (χ2v) is 5.71. The minimum absolute atomic E-state index is 0.0480. The summed E-state index contributed by atoms with van der Waals surface area (Å²) < 4.78 is 1.72. The molecule has 0 spiro atoms. The molecule has 0 aliphatic rings. The minimum Gasteiger partial charge on any atom is -0.396 e. The summed E-state index contributed by atoms with van der Waals surface area (Å²) in [5, 5.41) is 13.4. The zero-order valence-corrected chi connectivity index (χ0v) is 12.9. The van der Waals surface area contributed by atoms with Crippen molar-refractivity contribution < 1.29 is 9.90 Å². The Labute approximate surface area is 123 Å². The molecule has 0 radical (unpaired) electrons. The fourth-order valence-electron chi connectivity index (χ4n) is 1.98. The average Bonchev–Trinajstić information content (AvgIpc) is 2.74. The van der Waals surface area contributed by atoms with E-state index in [-0.39, 0.29) is 17.4 Å². The fourth-order valence-corrected chi connectivity index (χ4v) is 2.74. The molecule has 0 fully saturated rings. The van der Waals surface area contributed by atoms with Crippen molar-refractivity contribution in [2.24, 2.45) is 0 Å². The maximum absolute atomic E-state index is 11.6. The van der Waals surface area contributed by atoms with Gasteiger partial charge in [0.25, 0.3) is 0 Å². The quantitative estimate of drug-likeness (QED) is 0.646. The van der Waals surface area contributed by atoms with Gasteiger partial charge in [-0.15, -0.1) is 0 Å². The standard InChI is InChI=1S/C14H24N2O3S/c1-12-11-20-14(19)16(12)9-6-7-13(18)15-8-4-2-3-5-10-17/h11,17H,2-10H2,1H3,(H,15,18). The second-order valence-electron chi connectivity index (χ2n) is 4.89. The first-order chi connectivity index (χ1) is 9.65. The molecule has 0 aromatic carbocycles. The number of unbranched alkanes of at least 4 members (excludes halogenated alkanes) is 3.